The first-order valence-corrected chi connectivity index (χ1v) is 5.75. The minimum atomic E-state index is -0.943. The number of nitrogens with two attached hydrogens (primary N) is 1. The van der Waals surface area contributed by atoms with Gasteiger partial charge in [-0.05, 0) is 20.8 Å². The average molecular weight is 230 g/mol. The Hall–Kier alpha value is -0.650. The van der Waals surface area contributed by atoms with Gasteiger partial charge in [-0.1, -0.05) is 0 Å². The summed E-state index contributed by atoms with van der Waals surface area (Å²) in [7, 11) is 0. The second-order valence-electron chi connectivity index (χ2n) is 4.53. The van der Waals surface area contributed by atoms with Crippen molar-refractivity contribution in [2.24, 2.45) is 5.73 Å². The summed E-state index contributed by atoms with van der Waals surface area (Å²) in [5, 5.41) is 0. The van der Waals surface area contributed by atoms with Crippen LogP contribution in [0.3, 0.4) is 0 Å². The Balaban J connectivity index is 2.53. The summed E-state index contributed by atoms with van der Waals surface area (Å²) >= 11 is 0. The fourth-order valence-corrected chi connectivity index (χ4v) is 1.78. The third-order valence-electron chi connectivity index (χ3n) is 2.78. The van der Waals surface area contributed by atoms with Crippen molar-refractivity contribution in [3.63, 3.8) is 0 Å². The Morgan fingerprint density at radius 3 is 2.94 bits per heavy atom. The fourth-order valence-electron chi connectivity index (χ4n) is 1.78. The number of carbonyl (C=O) groups is 1. The molecule has 0 spiro atoms. The van der Waals surface area contributed by atoms with Gasteiger partial charge in [0.1, 0.15) is 5.54 Å². The van der Waals surface area contributed by atoms with Crippen molar-refractivity contribution in [3.8, 4) is 0 Å². The lowest BCUT2D eigenvalue weighted by Gasteiger charge is -2.37. The Kier molecular flexibility index (Phi) is 4.70. The van der Waals surface area contributed by atoms with E-state index in [-0.39, 0.29) is 5.97 Å². The molecule has 1 aliphatic heterocycles. The first kappa shape index (κ1) is 13.4. The van der Waals surface area contributed by atoms with Crippen LogP contribution in [0, 0.1) is 0 Å². The van der Waals surface area contributed by atoms with Gasteiger partial charge in [-0.25, -0.2) is 0 Å². The van der Waals surface area contributed by atoms with Crippen molar-refractivity contribution in [2.75, 3.05) is 32.9 Å². The molecular formula is C11H22N2O3. The van der Waals surface area contributed by atoms with E-state index in [1.165, 1.54) is 0 Å². The van der Waals surface area contributed by atoms with E-state index in [1.807, 2.05) is 0 Å². The number of nitrogens with zero attached hydrogens (tertiary/aromatic N) is 1. The first-order valence-electron chi connectivity index (χ1n) is 5.75. The zero-order valence-corrected chi connectivity index (χ0v) is 10.4. The van der Waals surface area contributed by atoms with E-state index in [1.54, 1.807) is 13.8 Å². The monoisotopic (exact) mass is 230 g/mol. The number of esters is 1. The van der Waals surface area contributed by atoms with Crippen molar-refractivity contribution in [3.05, 3.63) is 0 Å². The molecule has 0 aromatic rings. The van der Waals surface area contributed by atoms with Crippen molar-refractivity contribution >= 4 is 5.97 Å². The lowest BCUT2D eigenvalue weighted by atomic mass is 10.0. The highest BCUT2D eigenvalue weighted by atomic mass is 16.5. The van der Waals surface area contributed by atoms with Crippen LogP contribution in [-0.4, -0.2) is 55.4 Å². The van der Waals surface area contributed by atoms with E-state index in [4.69, 9.17) is 15.2 Å². The van der Waals surface area contributed by atoms with Crippen LogP contribution >= 0.6 is 0 Å². The minimum Gasteiger partial charge on any atom is -0.465 e. The minimum absolute atomic E-state index is 0.297. The van der Waals surface area contributed by atoms with Gasteiger partial charge in [-0.15, -0.1) is 0 Å². The Bertz CT molecular complexity index is 243. The SMILES string of the molecule is CCOC(=O)C(C)(N)CN1CCOCC1C. The van der Waals surface area contributed by atoms with Gasteiger partial charge in [0.05, 0.1) is 19.8 Å². The highest BCUT2D eigenvalue weighted by Gasteiger charge is 2.34. The average Bonchev–Trinajstić information content (AvgIpc) is 2.21. The van der Waals surface area contributed by atoms with Gasteiger partial charge in [0.2, 0.25) is 0 Å². The molecule has 0 aromatic carbocycles. The molecule has 0 saturated carbocycles. The van der Waals surface area contributed by atoms with Crippen LogP contribution < -0.4 is 5.73 Å². The second kappa shape index (κ2) is 5.61. The third-order valence-corrected chi connectivity index (χ3v) is 2.78. The molecule has 0 amide bonds. The number of carbonyl (C=O) groups excluding carboxylic acids is 1. The van der Waals surface area contributed by atoms with Gasteiger partial charge in [0.15, 0.2) is 0 Å². The predicted octanol–water partition coefficient (Wildman–Crippen LogP) is -0.0124. The first-order chi connectivity index (χ1) is 7.47. The zero-order chi connectivity index (χ0) is 12.2. The molecule has 5 nitrogen and oxygen atoms in total. The van der Waals surface area contributed by atoms with Gasteiger partial charge >= 0.3 is 5.97 Å². The van der Waals surface area contributed by atoms with Gasteiger partial charge in [-0.2, -0.15) is 0 Å². The Morgan fingerprint density at radius 2 is 2.38 bits per heavy atom. The number of ether oxygens (including phenoxy) is 2. The Labute approximate surface area is 96.9 Å². The quantitative estimate of drug-likeness (QED) is 0.688. The van der Waals surface area contributed by atoms with E-state index < -0.39 is 5.54 Å². The topological polar surface area (TPSA) is 64.8 Å². The van der Waals surface area contributed by atoms with Crippen LogP contribution in [0.4, 0.5) is 0 Å². The molecule has 2 N–H and O–H groups in total. The second-order valence-corrected chi connectivity index (χ2v) is 4.53. The predicted molar refractivity (Wildman–Crippen MR) is 61.1 cm³/mol. The molecule has 0 aliphatic carbocycles. The molecule has 1 saturated heterocycles. The van der Waals surface area contributed by atoms with Crippen LogP contribution in [-0.2, 0) is 14.3 Å². The Morgan fingerprint density at radius 1 is 1.69 bits per heavy atom. The lowest BCUT2D eigenvalue weighted by Crippen LogP contribution is -2.58. The number of morpholine rings is 1. The summed E-state index contributed by atoms with van der Waals surface area (Å²) in [6, 6.07) is 0.297. The maximum atomic E-state index is 11.6. The van der Waals surface area contributed by atoms with E-state index >= 15 is 0 Å². The number of hydrogen-bond acceptors (Lipinski definition) is 5. The molecule has 0 radical (unpaired) electrons. The molecule has 5 heteroatoms. The summed E-state index contributed by atoms with van der Waals surface area (Å²) in [6.45, 7) is 8.65. The molecule has 1 aliphatic rings. The largest absolute Gasteiger partial charge is 0.465 e. The van der Waals surface area contributed by atoms with E-state index in [9.17, 15) is 4.79 Å². The fraction of sp³-hybridized carbons (Fsp3) is 0.909. The molecule has 2 atom stereocenters. The third kappa shape index (κ3) is 3.43. The summed E-state index contributed by atoms with van der Waals surface area (Å²) in [5.41, 5.74) is 5.04. The normalized spacial score (nSPS) is 26.1. The van der Waals surface area contributed by atoms with Crippen LogP contribution in [0.15, 0.2) is 0 Å². The molecule has 94 valence electrons. The van der Waals surface area contributed by atoms with Crippen LogP contribution in [0.2, 0.25) is 0 Å². The van der Waals surface area contributed by atoms with Crippen molar-refractivity contribution in [2.45, 2.75) is 32.4 Å². The molecule has 1 heterocycles. The van der Waals surface area contributed by atoms with E-state index in [0.29, 0.717) is 32.4 Å². The van der Waals surface area contributed by atoms with E-state index in [0.717, 1.165) is 6.54 Å². The van der Waals surface area contributed by atoms with Crippen LogP contribution in [0.25, 0.3) is 0 Å². The van der Waals surface area contributed by atoms with Gasteiger partial charge < -0.3 is 15.2 Å². The maximum Gasteiger partial charge on any atom is 0.327 e. The van der Waals surface area contributed by atoms with Gasteiger partial charge in [0.25, 0.3) is 0 Å². The van der Waals surface area contributed by atoms with Gasteiger partial charge in [-0.3, -0.25) is 9.69 Å². The lowest BCUT2D eigenvalue weighted by molar-refractivity contribution is -0.150. The summed E-state index contributed by atoms with van der Waals surface area (Å²) < 4.78 is 10.3. The molecule has 16 heavy (non-hydrogen) atoms. The smallest absolute Gasteiger partial charge is 0.327 e. The summed E-state index contributed by atoms with van der Waals surface area (Å²) in [4.78, 5) is 13.8. The highest BCUT2D eigenvalue weighted by Crippen LogP contribution is 2.12. The molecular weight excluding hydrogens is 208 g/mol. The number of rotatable bonds is 4. The molecule has 1 fully saturated rings. The van der Waals surface area contributed by atoms with Crippen molar-refractivity contribution in [1.82, 2.24) is 4.90 Å². The molecule has 0 bridgehead atoms. The molecule has 0 aromatic heterocycles. The van der Waals surface area contributed by atoms with Gasteiger partial charge in [0, 0.05) is 19.1 Å². The van der Waals surface area contributed by atoms with E-state index in [2.05, 4.69) is 11.8 Å². The maximum absolute atomic E-state index is 11.6. The zero-order valence-electron chi connectivity index (χ0n) is 10.4. The number of hydrogen-bond donors (Lipinski definition) is 1. The molecule has 2 unspecified atom stereocenters. The standard InChI is InChI=1S/C11H22N2O3/c1-4-16-10(14)11(3,12)8-13-5-6-15-7-9(13)2/h9H,4-8,12H2,1-3H3. The summed E-state index contributed by atoms with van der Waals surface area (Å²) in [5.74, 6) is -0.339. The summed E-state index contributed by atoms with van der Waals surface area (Å²) in [6.07, 6.45) is 0. The van der Waals surface area contributed by atoms with Crippen LogP contribution in [0.1, 0.15) is 20.8 Å². The van der Waals surface area contributed by atoms with Crippen molar-refractivity contribution in [1.29, 1.82) is 0 Å². The molecule has 1 rings (SSSR count). The highest BCUT2D eigenvalue weighted by molar-refractivity contribution is 5.80. The van der Waals surface area contributed by atoms with Crippen LogP contribution in [0.5, 0.6) is 0 Å². The van der Waals surface area contributed by atoms with Crippen molar-refractivity contribution < 1.29 is 14.3 Å².